The molecule has 5 nitrogen and oxygen atoms in total. The first-order valence-electron chi connectivity index (χ1n) is 7.38. The number of hydrogen-bond donors (Lipinski definition) is 2. The van der Waals surface area contributed by atoms with E-state index in [2.05, 4.69) is 10.8 Å². The lowest BCUT2D eigenvalue weighted by Crippen LogP contribution is -2.29. The highest BCUT2D eigenvalue weighted by Crippen LogP contribution is 2.37. The van der Waals surface area contributed by atoms with E-state index in [9.17, 15) is 18.0 Å². The molecular weight excluding hydrogens is 335 g/mol. The van der Waals surface area contributed by atoms with Gasteiger partial charge in [0.25, 0.3) is 0 Å². The summed E-state index contributed by atoms with van der Waals surface area (Å²) in [5, 5.41) is 2.16. The Kier molecular flexibility index (Phi) is 5.87. The number of hydroxylamine groups is 1. The minimum absolute atomic E-state index is 0.0972. The number of carbonyl (C=O) groups excluding carboxylic acids is 1. The van der Waals surface area contributed by atoms with Crippen LogP contribution >= 0.6 is 0 Å². The predicted molar refractivity (Wildman–Crippen MR) is 89.2 cm³/mol. The molecule has 134 valence electrons. The zero-order chi connectivity index (χ0) is 18.4. The van der Waals surface area contributed by atoms with Crippen LogP contribution in [0.3, 0.4) is 0 Å². The minimum Gasteiger partial charge on any atom is -0.378 e. The van der Waals surface area contributed by atoms with Crippen molar-refractivity contribution in [3.8, 4) is 0 Å². The van der Waals surface area contributed by atoms with Gasteiger partial charge in [-0.2, -0.15) is 13.2 Å². The Morgan fingerprint density at radius 2 is 1.80 bits per heavy atom. The van der Waals surface area contributed by atoms with Gasteiger partial charge in [-0.1, -0.05) is 30.3 Å². The Hall–Kier alpha value is -2.74. The lowest BCUT2D eigenvalue weighted by molar-refractivity contribution is -0.136. The zero-order valence-electron chi connectivity index (χ0n) is 13.7. The molecule has 0 aliphatic carbocycles. The molecule has 0 saturated heterocycles. The summed E-state index contributed by atoms with van der Waals surface area (Å²) in [5.41, 5.74) is 1.97. The van der Waals surface area contributed by atoms with Crippen LogP contribution in [0.2, 0.25) is 0 Å². The smallest absolute Gasteiger partial charge is 0.378 e. The summed E-state index contributed by atoms with van der Waals surface area (Å²) >= 11 is 0. The number of carbonyl (C=O) groups is 1. The van der Waals surface area contributed by atoms with Crippen molar-refractivity contribution in [2.75, 3.05) is 24.3 Å². The summed E-state index contributed by atoms with van der Waals surface area (Å²) in [7, 11) is 3.26. The number of nitrogens with one attached hydrogen (secondary N) is 2. The van der Waals surface area contributed by atoms with Crippen molar-refractivity contribution in [1.29, 1.82) is 0 Å². The first kappa shape index (κ1) is 18.6. The molecule has 2 rings (SSSR count). The van der Waals surface area contributed by atoms with E-state index in [1.807, 2.05) is 6.07 Å². The Labute approximate surface area is 143 Å². The lowest BCUT2D eigenvalue weighted by Gasteiger charge is -2.18. The van der Waals surface area contributed by atoms with E-state index in [4.69, 9.17) is 4.84 Å². The van der Waals surface area contributed by atoms with Crippen molar-refractivity contribution < 1.29 is 22.8 Å². The third-order valence-corrected chi connectivity index (χ3v) is 3.32. The van der Waals surface area contributed by atoms with Crippen molar-refractivity contribution >= 4 is 17.4 Å². The monoisotopic (exact) mass is 353 g/mol. The van der Waals surface area contributed by atoms with Gasteiger partial charge in [-0.25, -0.2) is 10.3 Å². The van der Waals surface area contributed by atoms with Crippen LogP contribution in [0.4, 0.5) is 29.3 Å². The molecular formula is C17H18F3N3O2. The third-order valence-electron chi connectivity index (χ3n) is 3.32. The van der Waals surface area contributed by atoms with E-state index in [1.54, 1.807) is 43.3 Å². The lowest BCUT2D eigenvalue weighted by atomic mass is 10.1. The topological polar surface area (TPSA) is 53.6 Å². The summed E-state index contributed by atoms with van der Waals surface area (Å²) in [6.07, 6.45) is -4.60. The maximum atomic E-state index is 13.2. The maximum absolute atomic E-state index is 13.2. The number of rotatable bonds is 5. The number of alkyl halides is 3. The molecule has 0 bridgehead atoms. The second-order valence-electron chi connectivity index (χ2n) is 5.45. The van der Waals surface area contributed by atoms with Crippen LogP contribution in [0, 0.1) is 0 Å². The van der Waals surface area contributed by atoms with Crippen molar-refractivity contribution in [2.24, 2.45) is 0 Å². The van der Waals surface area contributed by atoms with Crippen LogP contribution in [0.15, 0.2) is 48.5 Å². The van der Waals surface area contributed by atoms with Crippen molar-refractivity contribution in [1.82, 2.24) is 5.48 Å². The van der Waals surface area contributed by atoms with E-state index >= 15 is 0 Å². The van der Waals surface area contributed by atoms with Gasteiger partial charge in [-0.3, -0.25) is 4.84 Å². The van der Waals surface area contributed by atoms with Crippen LogP contribution in [0.1, 0.15) is 11.1 Å². The molecule has 0 saturated carbocycles. The van der Waals surface area contributed by atoms with Crippen LogP contribution in [0.5, 0.6) is 0 Å². The predicted octanol–water partition coefficient (Wildman–Crippen LogP) is 4.02. The van der Waals surface area contributed by atoms with E-state index in [-0.39, 0.29) is 12.3 Å². The number of anilines is 2. The molecule has 2 aromatic carbocycles. The standard InChI is InChI=1S/C17H18F3N3O2/c1-23(2)13-8-9-15(14(10-13)17(18,19)20)21-16(24)22-25-11-12-6-4-3-5-7-12/h3-10H,11H2,1-2H3,(H2,21,22,24). The molecule has 0 spiro atoms. The molecule has 0 fully saturated rings. The van der Waals surface area contributed by atoms with E-state index in [1.165, 1.54) is 12.1 Å². The summed E-state index contributed by atoms with van der Waals surface area (Å²) < 4.78 is 39.6. The Morgan fingerprint density at radius 3 is 2.40 bits per heavy atom. The van der Waals surface area contributed by atoms with Crippen LogP contribution in [0.25, 0.3) is 0 Å². The Morgan fingerprint density at radius 1 is 1.12 bits per heavy atom. The largest absolute Gasteiger partial charge is 0.418 e. The van der Waals surface area contributed by atoms with Gasteiger partial charge in [0.05, 0.1) is 17.9 Å². The van der Waals surface area contributed by atoms with E-state index < -0.39 is 17.8 Å². The normalized spacial score (nSPS) is 11.1. The Balaban J connectivity index is 2.02. The van der Waals surface area contributed by atoms with Gasteiger partial charge in [0.2, 0.25) is 0 Å². The van der Waals surface area contributed by atoms with Crippen LogP contribution in [-0.2, 0) is 17.6 Å². The van der Waals surface area contributed by atoms with E-state index in [0.29, 0.717) is 5.69 Å². The first-order chi connectivity index (χ1) is 11.8. The average Bonchev–Trinajstić information content (AvgIpc) is 2.55. The fourth-order valence-corrected chi connectivity index (χ4v) is 2.06. The van der Waals surface area contributed by atoms with Crippen LogP contribution < -0.4 is 15.7 Å². The van der Waals surface area contributed by atoms with Crippen molar-refractivity contribution in [2.45, 2.75) is 12.8 Å². The summed E-state index contributed by atoms with van der Waals surface area (Å²) in [6, 6.07) is 11.8. The minimum atomic E-state index is -4.60. The molecule has 0 aromatic heterocycles. The van der Waals surface area contributed by atoms with Gasteiger partial charge >= 0.3 is 12.2 Å². The molecule has 2 N–H and O–H groups in total. The number of amides is 2. The van der Waals surface area contributed by atoms with Gasteiger partial charge in [0.15, 0.2) is 0 Å². The summed E-state index contributed by atoms with van der Waals surface area (Å²) in [6.45, 7) is 0.0972. The number of halogens is 3. The molecule has 0 radical (unpaired) electrons. The maximum Gasteiger partial charge on any atom is 0.418 e. The fraction of sp³-hybridized carbons (Fsp3) is 0.235. The fourth-order valence-electron chi connectivity index (χ4n) is 2.06. The molecule has 0 unspecified atom stereocenters. The molecule has 2 amide bonds. The van der Waals surface area contributed by atoms with Gasteiger partial charge in [-0.15, -0.1) is 0 Å². The number of benzene rings is 2. The molecule has 2 aromatic rings. The zero-order valence-corrected chi connectivity index (χ0v) is 13.7. The molecule has 0 aliphatic heterocycles. The van der Waals surface area contributed by atoms with Gasteiger partial charge < -0.3 is 10.2 Å². The van der Waals surface area contributed by atoms with Gasteiger partial charge in [-0.05, 0) is 23.8 Å². The first-order valence-corrected chi connectivity index (χ1v) is 7.38. The molecule has 0 aliphatic rings. The number of nitrogens with zero attached hydrogens (tertiary/aromatic N) is 1. The second kappa shape index (κ2) is 7.89. The number of hydrogen-bond acceptors (Lipinski definition) is 3. The van der Waals surface area contributed by atoms with Crippen molar-refractivity contribution in [3.05, 3.63) is 59.7 Å². The second-order valence-corrected chi connectivity index (χ2v) is 5.45. The average molecular weight is 353 g/mol. The highest BCUT2D eigenvalue weighted by molar-refractivity contribution is 5.90. The highest BCUT2D eigenvalue weighted by Gasteiger charge is 2.34. The molecule has 8 heteroatoms. The molecule has 25 heavy (non-hydrogen) atoms. The summed E-state index contributed by atoms with van der Waals surface area (Å²) in [5.74, 6) is 0. The Bertz CT molecular complexity index is 719. The highest BCUT2D eigenvalue weighted by atomic mass is 19.4. The molecule has 0 atom stereocenters. The molecule has 0 heterocycles. The van der Waals surface area contributed by atoms with Gasteiger partial charge in [0, 0.05) is 19.8 Å². The quantitative estimate of drug-likeness (QED) is 0.798. The number of urea groups is 1. The SMILES string of the molecule is CN(C)c1ccc(NC(=O)NOCc2ccccc2)c(C(F)(F)F)c1. The van der Waals surface area contributed by atoms with Gasteiger partial charge in [0.1, 0.15) is 0 Å². The van der Waals surface area contributed by atoms with Crippen molar-refractivity contribution in [3.63, 3.8) is 0 Å². The third kappa shape index (κ3) is 5.39. The summed E-state index contributed by atoms with van der Waals surface area (Å²) in [4.78, 5) is 18.3. The van der Waals surface area contributed by atoms with Crippen LogP contribution in [-0.4, -0.2) is 20.1 Å². The van der Waals surface area contributed by atoms with E-state index in [0.717, 1.165) is 11.6 Å².